The average Bonchev–Trinajstić information content (AvgIpc) is 2.62. The van der Waals surface area contributed by atoms with Gasteiger partial charge in [-0.05, 0) is 24.5 Å². The molecule has 1 aliphatic heterocycles. The van der Waals surface area contributed by atoms with E-state index in [2.05, 4.69) is 29.2 Å². The lowest BCUT2D eigenvalue weighted by Gasteiger charge is -2.18. The van der Waals surface area contributed by atoms with Crippen LogP contribution in [0.3, 0.4) is 0 Å². The van der Waals surface area contributed by atoms with Gasteiger partial charge in [0.05, 0.1) is 5.84 Å². The van der Waals surface area contributed by atoms with Gasteiger partial charge in [0.2, 0.25) is 0 Å². The summed E-state index contributed by atoms with van der Waals surface area (Å²) in [5.74, 6) is 0.294. The second-order valence-corrected chi connectivity index (χ2v) is 3.99. The average molecular weight is 203 g/mol. The predicted molar refractivity (Wildman–Crippen MR) is 63.5 cm³/mol. The molecule has 0 amide bonds. The smallest absolute Gasteiger partial charge is 0.0905 e. The highest BCUT2D eigenvalue weighted by Crippen LogP contribution is 2.27. The van der Waals surface area contributed by atoms with Gasteiger partial charge in [-0.15, -0.1) is 0 Å². The molecule has 80 valence electrons. The van der Waals surface area contributed by atoms with Gasteiger partial charge in [0, 0.05) is 25.2 Å². The lowest BCUT2D eigenvalue weighted by molar-refractivity contribution is 0.769. The summed E-state index contributed by atoms with van der Waals surface area (Å²) in [5.41, 5.74) is 8.14. The van der Waals surface area contributed by atoms with E-state index in [0.29, 0.717) is 12.3 Å². The maximum atomic E-state index is 7.17. The lowest BCUT2D eigenvalue weighted by atomic mass is 10.2. The third kappa shape index (κ3) is 2.29. The van der Waals surface area contributed by atoms with Crippen LogP contribution in [0.2, 0.25) is 0 Å². The first-order chi connectivity index (χ1) is 7.27. The predicted octanol–water partition coefficient (Wildman–Crippen LogP) is 1.77. The van der Waals surface area contributed by atoms with Gasteiger partial charge in [-0.2, -0.15) is 0 Å². The van der Waals surface area contributed by atoms with Crippen LogP contribution in [0.15, 0.2) is 24.3 Å². The van der Waals surface area contributed by atoms with E-state index >= 15 is 0 Å². The number of amidine groups is 1. The van der Waals surface area contributed by atoms with Gasteiger partial charge in [-0.1, -0.05) is 18.2 Å². The summed E-state index contributed by atoms with van der Waals surface area (Å²) in [6, 6.07) is 8.55. The van der Waals surface area contributed by atoms with E-state index in [1.165, 1.54) is 11.3 Å². The van der Waals surface area contributed by atoms with E-state index in [1.54, 1.807) is 0 Å². The molecule has 0 unspecified atom stereocenters. The van der Waals surface area contributed by atoms with E-state index < -0.39 is 0 Å². The minimum atomic E-state index is 0.294. The summed E-state index contributed by atoms with van der Waals surface area (Å²) >= 11 is 0. The Morgan fingerprint density at radius 3 is 3.00 bits per heavy atom. The quantitative estimate of drug-likeness (QED) is 0.578. The molecule has 0 radical (unpaired) electrons. The van der Waals surface area contributed by atoms with Crippen molar-refractivity contribution < 1.29 is 0 Å². The van der Waals surface area contributed by atoms with Gasteiger partial charge < -0.3 is 10.6 Å². The SMILES string of the molecule is N=C(N)CCCN1CCc2ccccc21. The van der Waals surface area contributed by atoms with Crippen LogP contribution < -0.4 is 10.6 Å². The highest BCUT2D eigenvalue weighted by molar-refractivity contribution is 5.76. The highest BCUT2D eigenvalue weighted by Gasteiger charge is 2.17. The number of anilines is 1. The number of fused-ring (bicyclic) bond motifs is 1. The summed E-state index contributed by atoms with van der Waals surface area (Å²) in [4.78, 5) is 2.39. The number of nitrogens with two attached hydrogens (primary N) is 1. The first-order valence-electron chi connectivity index (χ1n) is 5.43. The Bertz CT molecular complexity index is 360. The number of nitrogens with zero attached hydrogens (tertiary/aromatic N) is 1. The fourth-order valence-corrected chi connectivity index (χ4v) is 2.10. The Balaban J connectivity index is 1.93. The van der Waals surface area contributed by atoms with Crippen molar-refractivity contribution in [2.45, 2.75) is 19.3 Å². The van der Waals surface area contributed by atoms with Crippen molar-refractivity contribution in [3.8, 4) is 0 Å². The fraction of sp³-hybridized carbons (Fsp3) is 0.417. The lowest BCUT2D eigenvalue weighted by Crippen LogP contribution is -2.23. The topological polar surface area (TPSA) is 53.1 Å². The maximum Gasteiger partial charge on any atom is 0.0905 e. The molecule has 0 spiro atoms. The van der Waals surface area contributed by atoms with Crippen LogP contribution in [0.25, 0.3) is 0 Å². The zero-order valence-corrected chi connectivity index (χ0v) is 8.87. The number of rotatable bonds is 4. The minimum absolute atomic E-state index is 0.294. The molecule has 0 saturated carbocycles. The van der Waals surface area contributed by atoms with E-state index in [4.69, 9.17) is 11.1 Å². The molecule has 0 aromatic heterocycles. The molecule has 0 aliphatic carbocycles. The third-order valence-electron chi connectivity index (χ3n) is 2.86. The van der Waals surface area contributed by atoms with Crippen LogP contribution in [0.4, 0.5) is 5.69 Å². The molecule has 15 heavy (non-hydrogen) atoms. The molecule has 2 rings (SSSR count). The Morgan fingerprint density at radius 1 is 1.40 bits per heavy atom. The summed E-state index contributed by atoms with van der Waals surface area (Å²) in [6.07, 6.45) is 2.83. The second kappa shape index (κ2) is 4.34. The van der Waals surface area contributed by atoms with Crippen LogP contribution in [0, 0.1) is 5.41 Å². The van der Waals surface area contributed by atoms with Crippen LogP contribution in [0.1, 0.15) is 18.4 Å². The molecule has 1 aromatic rings. The molecule has 1 heterocycles. The summed E-state index contributed by atoms with van der Waals surface area (Å²) in [7, 11) is 0. The van der Waals surface area contributed by atoms with E-state index in [9.17, 15) is 0 Å². The number of para-hydroxylation sites is 1. The third-order valence-corrected chi connectivity index (χ3v) is 2.86. The van der Waals surface area contributed by atoms with Crippen LogP contribution in [-0.2, 0) is 6.42 Å². The molecule has 3 N–H and O–H groups in total. The Morgan fingerprint density at radius 2 is 2.20 bits per heavy atom. The van der Waals surface area contributed by atoms with Crippen LogP contribution in [0.5, 0.6) is 0 Å². The van der Waals surface area contributed by atoms with Crippen molar-refractivity contribution in [2.75, 3.05) is 18.0 Å². The molecule has 3 heteroatoms. The molecular weight excluding hydrogens is 186 g/mol. The van der Waals surface area contributed by atoms with Crippen molar-refractivity contribution in [1.82, 2.24) is 0 Å². The van der Waals surface area contributed by atoms with Crippen molar-refractivity contribution in [3.63, 3.8) is 0 Å². The van der Waals surface area contributed by atoms with Gasteiger partial charge in [0.15, 0.2) is 0 Å². The van der Waals surface area contributed by atoms with Gasteiger partial charge >= 0.3 is 0 Å². The number of benzene rings is 1. The van der Waals surface area contributed by atoms with Gasteiger partial charge in [0.1, 0.15) is 0 Å². The van der Waals surface area contributed by atoms with Crippen molar-refractivity contribution in [3.05, 3.63) is 29.8 Å². The highest BCUT2D eigenvalue weighted by atomic mass is 15.1. The minimum Gasteiger partial charge on any atom is -0.388 e. The van der Waals surface area contributed by atoms with E-state index in [1.807, 2.05) is 0 Å². The van der Waals surface area contributed by atoms with Gasteiger partial charge in [-0.25, -0.2) is 0 Å². The van der Waals surface area contributed by atoms with Crippen LogP contribution >= 0.6 is 0 Å². The van der Waals surface area contributed by atoms with Crippen molar-refractivity contribution in [1.29, 1.82) is 5.41 Å². The number of hydrogen-bond acceptors (Lipinski definition) is 2. The summed E-state index contributed by atoms with van der Waals surface area (Å²) in [6.45, 7) is 2.12. The first kappa shape index (κ1) is 10.0. The van der Waals surface area contributed by atoms with Crippen molar-refractivity contribution >= 4 is 11.5 Å². The fourth-order valence-electron chi connectivity index (χ4n) is 2.10. The molecule has 0 atom stereocenters. The van der Waals surface area contributed by atoms with Gasteiger partial charge in [-0.3, -0.25) is 5.41 Å². The zero-order valence-electron chi connectivity index (χ0n) is 8.87. The van der Waals surface area contributed by atoms with Crippen molar-refractivity contribution in [2.24, 2.45) is 5.73 Å². The largest absolute Gasteiger partial charge is 0.388 e. The standard InChI is InChI=1S/C12H17N3/c13-12(14)6-3-8-15-9-7-10-4-1-2-5-11(10)15/h1-2,4-5H,3,6-9H2,(H3,13,14). The normalized spacial score (nSPS) is 14.0. The molecule has 1 aromatic carbocycles. The summed E-state index contributed by atoms with van der Waals surface area (Å²) in [5, 5.41) is 7.17. The monoisotopic (exact) mass is 203 g/mol. The molecular formula is C12H17N3. The second-order valence-electron chi connectivity index (χ2n) is 3.99. The Hall–Kier alpha value is -1.51. The van der Waals surface area contributed by atoms with E-state index in [-0.39, 0.29) is 0 Å². The number of nitrogens with one attached hydrogen (secondary N) is 1. The number of hydrogen-bond donors (Lipinski definition) is 2. The van der Waals surface area contributed by atoms with Crippen LogP contribution in [-0.4, -0.2) is 18.9 Å². The maximum absolute atomic E-state index is 7.17. The molecule has 0 saturated heterocycles. The molecule has 1 aliphatic rings. The molecule has 0 fully saturated rings. The van der Waals surface area contributed by atoms with E-state index in [0.717, 1.165) is 25.9 Å². The Kier molecular flexibility index (Phi) is 2.90. The van der Waals surface area contributed by atoms with Gasteiger partial charge in [0.25, 0.3) is 0 Å². The zero-order chi connectivity index (χ0) is 10.7. The molecule has 3 nitrogen and oxygen atoms in total. The summed E-state index contributed by atoms with van der Waals surface area (Å²) < 4.78 is 0. The molecule has 0 bridgehead atoms. The first-order valence-corrected chi connectivity index (χ1v) is 5.43. The Labute approximate surface area is 90.4 Å².